The van der Waals surface area contributed by atoms with Crippen LogP contribution in [0.15, 0.2) is 127 Å². The Morgan fingerprint density at radius 1 is 0.704 bits per heavy atom. The van der Waals surface area contributed by atoms with Crippen molar-refractivity contribution in [2.45, 2.75) is 86.7 Å². The Bertz CT molecular complexity index is 3070. The molecule has 4 fully saturated rings. The summed E-state index contributed by atoms with van der Waals surface area (Å²) in [5.74, 6) is 0.906. The smallest absolute Gasteiger partial charge is 0.412 e. The van der Waals surface area contributed by atoms with E-state index in [0.29, 0.717) is 105 Å². The van der Waals surface area contributed by atoms with Crippen LogP contribution in [-0.2, 0) is 30.2 Å². The van der Waals surface area contributed by atoms with Crippen molar-refractivity contribution in [2.24, 2.45) is 0 Å². The normalized spacial score (nSPS) is 19.4. The standard InChI is InChI=1S/C62H69N5O12S2/c1-39-29-50(52-19-14-25-74-52)66(36-39)59(69)46-33-53(72-3)55(31-41(46)32-58(68)77-27-28-80-81-57-20-10-11-21-64-57)75-23-12-5-13-24-76-56-35-49(63)47(34-54(56)73-4)60(70)67-37-40(2)30-51(67)61-65(22-26-78-61)62(71)79-38-48-44-17-8-6-15-42(44)43-16-7-9-18-45(43)48/h6-11,15-18,20-21,31,33-35,48,50-52,61H,1-2,5,12-14,19,22-30,32,36-38,63H2,3-4H3/t50-,51-,52?,61?/m0/s1. The highest BCUT2D eigenvalue weighted by atomic mass is 33.1. The molecule has 426 valence electrons. The number of ether oxygens (including phenoxy) is 8. The Morgan fingerprint density at radius 3 is 2.01 bits per heavy atom. The van der Waals surface area contributed by atoms with E-state index in [1.54, 1.807) is 40.3 Å². The highest BCUT2D eigenvalue weighted by Gasteiger charge is 2.46. The molecule has 0 spiro atoms. The lowest BCUT2D eigenvalue weighted by Crippen LogP contribution is -2.51. The van der Waals surface area contributed by atoms with E-state index < -0.39 is 24.3 Å². The number of hydrogen-bond acceptors (Lipinski definition) is 16. The molecule has 2 N–H and O–H groups in total. The van der Waals surface area contributed by atoms with Gasteiger partial charge in [-0.1, -0.05) is 89.7 Å². The van der Waals surface area contributed by atoms with E-state index in [1.807, 2.05) is 47.4 Å². The third kappa shape index (κ3) is 13.1. The quantitative estimate of drug-likeness (QED) is 0.0213. The Morgan fingerprint density at radius 2 is 1.35 bits per heavy atom. The summed E-state index contributed by atoms with van der Waals surface area (Å²) >= 11 is 0. The molecule has 19 heteroatoms. The summed E-state index contributed by atoms with van der Waals surface area (Å²) in [5, 5.41) is 0.867. The van der Waals surface area contributed by atoms with Crippen LogP contribution in [-0.4, -0.2) is 147 Å². The third-order valence-corrected chi connectivity index (χ3v) is 17.6. The average Bonchev–Trinajstić information content (AvgIpc) is 4.44. The number of nitrogens with two attached hydrogens (primary N) is 1. The van der Waals surface area contributed by atoms with Crippen molar-refractivity contribution in [1.29, 1.82) is 0 Å². The molecule has 0 saturated carbocycles. The topological polar surface area (TPSA) is 191 Å². The van der Waals surface area contributed by atoms with Crippen LogP contribution in [0.3, 0.4) is 0 Å². The van der Waals surface area contributed by atoms with Crippen LogP contribution < -0.4 is 24.7 Å². The second-order valence-electron chi connectivity index (χ2n) is 20.7. The van der Waals surface area contributed by atoms with Crippen LogP contribution in [0.5, 0.6) is 23.0 Å². The van der Waals surface area contributed by atoms with E-state index in [-0.39, 0.29) is 67.3 Å². The number of hydrogen-bond donors (Lipinski definition) is 1. The van der Waals surface area contributed by atoms with E-state index in [2.05, 4.69) is 42.4 Å². The molecule has 4 aromatic carbocycles. The molecule has 0 bridgehead atoms. The zero-order valence-electron chi connectivity index (χ0n) is 45.8. The fraction of sp³-hybridized carbons (Fsp3) is 0.403. The summed E-state index contributed by atoms with van der Waals surface area (Å²) in [6, 6.07) is 28.0. The van der Waals surface area contributed by atoms with Crippen LogP contribution in [0, 0.1) is 0 Å². The van der Waals surface area contributed by atoms with Gasteiger partial charge in [-0.15, -0.1) is 0 Å². The van der Waals surface area contributed by atoms with Crippen LogP contribution in [0.2, 0.25) is 0 Å². The minimum absolute atomic E-state index is 0.0796. The lowest BCUT2D eigenvalue weighted by Gasteiger charge is -2.33. The Balaban J connectivity index is 0.731. The summed E-state index contributed by atoms with van der Waals surface area (Å²) in [5.41, 5.74) is 14.2. The second kappa shape index (κ2) is 26.6. The fourth-order valence-electron chi connectivity index (χ4n) is 11.5. The number of carbonyl (C=O) groups excluding carboxylic acids is 4. The summed E-state index contributed by atoms with van der Waals surface area (Å²) in [6.45, 7) is 11.4. The monoisotopic (exact) mass is 1140 g/mol. The van der Waals surface area contributed by atoms with Crippen molar-refractivity contribution in [2.75, 3.05) is 85.0 Å². The Hall–Kier alpha value is -7.19. The third-order valence-electron chi connectivity index (χ3n) is 15.4. The average molecular weight is 1140 g/mol. The number of methoxy groups -OCH3 is 2. The summed E-state index contributed by atoms with van der Waals surface area (Å²) in [7, 11) is 6.07. The number of carbonyl (C=O) groups is 4. The molecule has 4 saturated heterocycles. The molecule has 2 unspecified atom stereocenters. The Kier molecular flexibility index (Phi) is 18.7. The van der Waals surface area contributed by atoms with Gasteiger partial charge in [-0.3, -0.25) is 19.3 Å². The van der Waals surface area contributed by atoms with Crippen molar-refractivity contribution in [1.82, 2.24) is 19.7 Å². The van der Waals surface area contributed by atoms with Gasteiger partial charge in [0.2, 0.25) is 0 Å². The number of anilines is 1. The number of nitrogen functional groups attached to an aromatic ring is 1. The first-order valence-electron chi connectivity index (χ1n) is 27.6. The van der Waals surface area contributed by atoms with Crippen molar-refractivity contribution in [3.63, 3.8) is 0 Å². The molecule has 1 aliphatic carbocycles. The molecule has 4 aliphatic heterocycles. The number of benzene rings is 4. The molecule has 1 aromatic heterocycles. The van der Waals surface area contributed by atoms with E-state index >= 15 is 0 Å². The molecule has 10 rings (SSSR count). The van der Waals surface area contributed by atoms with Crippen LogP contribution in [0.4, 0.5) is 10.5 Å². The van der Waals surface area contributed by atoms with Crippen molar-refractivity contribution in [3.05, 3.63) is 149 Å². The van der Waals surface area contributed by atoms with Crippen molar-refractivity contribution < 1.29 is 57.1 Å². The van der Waals surface area contributed by atoms with Gasteiger partial charge in [-0.25, -0.2) is 9.78 Å². The minimum atomic E-state index is -0.749. The van der Waals surface area contributed by atoms with E-state index in [1.165, 1.54) is 35.8 Å². The highest BCUT2D eigenvalue weighted by molar-refractivity contribution is 8.76. The maximum absolute atomic E-state index is 14.5. The van der Waals surface area contributed by atoms with Gasteiger partial charge in [-0.05, 0) is 114 Å². The zero-order chi connectivity index (χ0) is 56.4. The highest BCUT2D eigenvalue weighted by Crippen LogP contribution is 2.45. The van der Waals surface area contributed by atoms with Crippen LogP contribution in [0.1, 0.15) is 88.3 Å². The van der Waals surface area contributed by atoms with Gasteiger partial charge in [0.1, 0.15) is 18.2 Å². The first-order chi connectivity index (χ1) is 39.5. The first-order valence-corrected chi connectivity index (χ1v) is 29.9. The van der Waals surface area contributed by atoms with Crippen LogP contribution >= 0.6 is 21.6 Å². The molecule has 5 aromatic rings. The van der Waals surface area contributed by atoms with Gasteiger partial charge in [-0.2, -0.15) is 0 Å². The maximum Gasteiger partial charge on any atom is 0.412 e. The summed E-state index contributed by atoms with van der Waals surface area (Å²) in [4.78, 5) is 65.6. The molecule has 4 atom stereocenters. The lowest BCUT2D eigenvalue weighted by molar-refractivity contribution is -0.142. The van der Waals surface area contributed by atoms with Gasteiger partial charge < -0.3 is 53.4 Å². The summed E-state index contributed by atoms with van der Waals surface area (Å²) < 4.78 is 47.9. The number of likely N-dealkylation sites (tertiary alicyclic amines) is 2. The molecular formula is C62H69N5O12S2. The number of fused-ring (bicyclic) bond motifs is 3. The van der Waals surface area contributed by atoms with Crippen LogP contribution in [0.25, 0.3) is 11.1 Å². The molecular weight excluding hydrogens is 1070 g/mol. The predicted molar refractivity (Wildman–Crippen MR) is 310 cm³/mol. The van der Waals surface area contributed by atoms with Crippen molar-refractivity contribution in [3.8, 4) is 34.1 Å². The number of aromatic nitrogens is 1. The van der Waals surface area contributed by atoms with Gasteiger partial charge in [0.05, 0.1) is 70.8 Å². The molecule has 3 amide bonds. The largest absolute Gasteiger partial charge is 0.493 e. The maximum atomic E-state index is 14.5. The number of unbranched alkanes of at least 4 members (excludes halogenated alkanes) is 2. The fourth-order valence-corrected chi connectivity index (χ4v) is 13.2. The first kappa shape index (κ1) is 57.1. The van der Waals surface area contributed by atoms with E-state index in [0.717, 1.165) is 57.7 Å². The van der Waals surface area contributed by atoms with Gasteiger partial charge in [0.25, 0.3) is 11.8 Å². The number of amides is 3. The lowest BCUT2D eigenvalue weighted by atomic mass is 9.98. The molecule has 81 heavy (non-hydrogen) atoms. The van der Waals surface area contributed by atoms with Gasteiger partial charge >= 0.3 is 12.1 Å². The molecule has 5 aliphatic rings. The number of esters is 1. The Labute approximate surface area is 480 Å². The molecule has 0 radical (unpaired) electrons. The number of pyridine rings is 1. The molecule has 17 nitrogen and oxygen atoms in total. The van der Waals surface area contributed by atoms with Crippen molar-refractivity contribution >= 4 is 51.2 Å². The number of rotatable bonds is 23. The second-order valence-corrected chi connectivity index (χ2v) is 23.1. The minimum Gasteiger partial charge on any atom is -0.493 e. The van der Waals surface area contributed by atoms with Gasteiger partial charge in [0.15, 0.2) is 29.2 Å². The predicted octanol–water partition coefficient (Wildman–Crippen LogP) is 10.2. The zero-order valence-corrected chi connectivity index (χ0v) is 47.5. The molecule has 5 heterocycles. The van der Waals surface area contributed by atoms with Gasteiger partial charge in [0, 0.05) is 54.9 Å². The van der Waals surface area contributed by atoms with E-state index in [4.69, 9.17) is 43.6 Å². The SMILES string of the molecule is C=C1C[C@@H](C2CCCO2)N(C(=O)c2cc(OC)c(OCCCCCOc3cc(N)c(C(=O)N4CC(=C)C[C@H]4C4OCCN4C(=O)OCC4c5ccccc5-c5ccccc54)cc3OC)cc2CC(=O)OCCSSc2ccccn2)C1. The number of nitrogens with zero attached hydrogens (tertiary/aromatic N) is 4. The van der Waals surface area contributed by atoms with E-state index in [9.17, 15) is 19.2 Å². The summed E-state index contributed by atoms with van der Waals surface area (Å²) in [6.07, 6.45) is 5.18.